The Morgan fingerprint density at radius 3 is 1.92 bits per heavy atom. The average molecular weight is 343 g/mol. The molecular formula is C20H46N4. The number of nitrogens with one attached hydrogen (secondary N) is 2. The first-order valence-corrected chi connectivity index (χ1v) is 10.3. The minimum Gasteiger partial charge on any atom is -0.333 e. The Labute approximate surface area is 152 Å². The molecular weight excluding hydrogens is 296 g/mol. The molecule has 4 N–H and O–H groups in total. The molecule has 4 heteroatoms. The van der Waals surface area contributed by atoms with E-state index in [2.05, 4.69) is 56.0 Å². The van der Waals surface area contributed by atoms with Crippen molar-refractivity contribution in [3.63, 3.8) is 0 Å². The molecule has 1 atom stereocenters. The summed E-state index contributed by atoms with van der Waals surface area (Å²) >= 11 is 0. The Kier molecular flexibility index (Phi) is 15.0. The number of nitrogens with zero attached hydrogens (tertiary/aromatic N) is 1. The van der Waals surface area contributed by atoms with E-state index in [0.29, 0.717) is 12.1 Å². The van der Waals surface area contributed by atoms with Crippen molar-refractivity contribution in [1.29, 1.82) is 0 Å². The molecule has 1 heterocycles. The highest BCUT2D eigenvalue weighted by Gasteiger charge is 2.18. The fraction of sp³-hybridized carbons (Fsp3) is 1.00. The number of likely N-dealkylation sites (N-methyl/N-ethyl adjacent to an activating group) is 1. The largest absolute Gasteiger partial charge is 0.333 e. The van der Waals surface area contributed by atoms with E-state index < -0.39 is 0 Å². The predicted octanol–water partition coefficient (Wildman–Crippen LogP) is 3.36. The van der Waals surface area contributed by atoms with Gasteiger partial charge >= 0.3 is 0 Å². The summed E-state index contributed by atoms with van der Waals surface area (Å²) in [6, 6.07) is 2.93. The van der Waals surface area contributed by atoms with E-state index in [9.17, 15) is 0 Å². The molecule has 1 saturated carbocycles. The molecule has 1 saturated heterocycles. The summed E-state index contributed by atoms with van der Waals surface area (Å²) in [6.45, 7) is 11.4. The monoisotopic (exact) mass is 342 g/mol. The number of piperidine rings is 1. The summed E-state index contributed by atoms with van der Waals surface area (Å²) < 4.78 is 0. The molecule has 24 heavy (non-hydrogen) atoms. The molecule has 2 aliphatic rings. The van der Waals surface area contributed by atoms with Crippen LogP contribution in [0.3, 0.4) is 0 Å². The highest BCUT2D eigenvalue weighted by molar-refractivity contribution is 4.77. The molecule has 1 unspecified atom stereocenters. The maximum atomic E-state index is 4.50. The lowest BCUT2D eigenvalue weighted by Crippen LogP contribution is -2.46. The van der Waals surface area contributed by atoms with Crippen LogP contribution in [0.1, 0.15) is 79.1 Å². The molecule has 4 nitrogen and oxygen atoms in total. The van der Waals surface area contributed by atoms with E-state index in [1.54, 1.807) is 0 Å². The molecule has 2 rings (SSSR count). The second-order valence-corrected chi connectivity index (χ2v) is 7.77. The van der Waals surface area contributed by atoms with Gasteiger partial charge in [-0.25, -0.2) is 0 Å². The van der Waals surface area contributed by atoms with Gasteiger partial charge in [-0.05, 0) is 60.2 Å². The number of hydrogen-bond donors (Lipinski definition) is 3. The fourth-order valence-corrected chi connectivity index (χ4v) is 3.52. The normalized spacial score (nSPS) is 22.5. The van der Waals surface area contributed by atoms with Gasteiger partial charge in [0.05, 0.1) is 0 Å². The van der Waals surface area contributed by atoms with Gasteiger partial charge in [0.2, 0.25) is 0 Å². The molecule has 0 amide bonds. The third-order valence-electron chi connectivity index (χ3n) is 5.09. The number of hydrogen-bond acceptors (Lipinski definition) is 4. The maximum Gasteiger partial charge on any atom is 0.0220 e. The van der Waals surface area contributed by atoms with E-state index >= 15 is 0 Å². The Balaban J connectivity index is 0.000000400. The Morgan fingerprint density at radius 2 is 1.50 bits per heavy atom. The first-order chi connectivity index (χ1) is 11.5. The Hall–Kier alpha value is -0.160. The van der Waals surface area contributed by atoms with Crippen LogP contribution in [-0.2, 0) is 0 Å². The van der Waals surface area contributed by atoms with Gasteiger partial charge in [0.1, 0.15) is 0 Å². The van der Waals surface area contributed by atoms with Crippen LogP contribution in [0.5, 0.6) is 0 Å². The van der Waals surface area contributed by atoms with Crippen molar-refractivity contribution in [3.8, 4) is 0 Å². The zero-order chi connectivity index (χ0) is 18.4. The zero-order valence-corrected chi connectivity index (χ0v) is 17.4. The van der Waals surface area contributed by atoms with Gasteiger partial charge in [-0.3, -0.25) is 4.90 Å². The topological polar surface area (TPSA) is 53.3 Å². The predicted molar refractivity (Wildman–Crippen MR) is 109 cm³/mol. The van der Waals surface area contributed by atoms with Gasteiger partial charge in [-0.15, -0.1) is 0 Å². The average Bonchev–Trinajstić information content (AvgIpc) is 2.85. The second-order valence-electron chi connectivity index (χ2n) is 7.77. The van der Waals surface area contributed by atoms with Crippen LogP contribution in [0.4, 0.5) is 0 Å². The minimum atomic E-state index is 0.665. The van der Waals surface area contributed by atoms with Crippen molar-refractivity contribution in [2.24, 2.45) is 5.73 Å². The molecule has 0 aromatic carbocycles. The zero-order valence-electron chi connectivity index (χ0n) is 17.4. The van der Waals surface area contributed by atoms with Crippen molar-refractivity contribution >= 4 is 0 Å². The molecule has 0 aromatic heterocycles. The summed E-state index contributed by atoms with van der Waals surface area (Å²) in [7, 11) is 3.72. The fourth-order valence-electron chi connectivity index (χ4n) is 3.52. The molecule has 0 radical (unpaired) electrons. The molecule has 0 spiro atoms. The SMILES string of the molecule is CC(C)N(C)C1CCCNC1.CC(C)NC1CCCCCC1.CN. The van der Waals surface area contributed by atoms with E-state index in [4.69, 9.17) is 0 Å². The van der Waals surface area contributed by atoms with Crippen molar-refractivity contribution in [1.82, 2.24) is 15.5 Å². The third-order valence-corrected chi connectivity index (χ3v) is 5.09. The second kappa shape index (κ2) is 15.1. The summed E-state index contributed by atoms with van der Waals surface area (Å²) in [6.07, 6.45) is 11.3. The van der Waals surface area contributed by atoms with Crippen molar-refractivity contribution in [3.05, 3.63) is 0 Å². The maximum absolute atomic E-state index is 4.50. The first-order valence-electron chi connectivity index (χ1n) is 10.3. The van der Waals surface area contributed by atoms with Gasteiger partial charge in [0, 0.05) is 30.7 Å². The Bertz CT molecular complexity index is 254. The summed E-state index contributed by atoms with van der Waals surface area (Å²) in [5.41, 5.74) is 4.50. The number of rotatable bonds is 4. The van der Waals surface area contributed by atoms with E-state index in [1.165, 1.54) is 71.5 Å². The number of nitrogens with two attached hydrogens (primary N) is 1. The lowest BCUT2D eigenvalue weighted by atomic mass is 10.1. The molecule has 0 bridgehead atoms. The summed E-state index contributed by atoms with van der Waals surface area (Å²) in [5, 5.41) is 7.05. The third kappa shape index (κ3) is 11.4. The van der Waals surface area contributed by atoms with Crippen molar-refractivity contribution in [2.45, 2.75) is 103 Å². The van der Waals surface area contributed by atoms with Crippen molar-refractivity contribution < 1.29 is 0 Å². The highest BCUT2D eigenvalue weighted by Crippen LogP contribution is 2.17. The molecule has 1 aliphatic carbocycles. The standard InChI is InChI=1S/C10H21N.C9H20N2.CH5N/c1-9(2)11-10-7-5-3-4-6-8-10;1-8(2)11(3)9-5-4-6-10-7-9;1-2/h9-11H,3-8H2,1-2H3;8-10H,4-7H2,1-3H3;2H2,1H3. The van der Waals surface area contributed by atoms with Gasteiger partial charge in [-0.1, -0.05) is 39.5 Å². The Morgan fingerprint density at radius 1 is 0.917 bits per heavy atom. The van der Waals surface area contributed by atoms with Crippen LogP contribution in [0.25, 0.3) is 0 Å². The minimum absolute atomic E-state index is 0.665. The van der Waals surface area contributed by atoms with E-state index in [-0.39, 0.29) is 0 Å². The van der Waals surface area contributed by atoms with Crippen molar-refractivity contribution in [2.75, 3.05) is 27.2 Å². The van der Waals surface area contributed by atoms with Gasteiger partial charge in [0.25, 0.3) is 0 Å². The molecule has 1 aliphatic heterocycles. The lowest BCUT2D eigenvalue weighted by molar-refractivity contribution is 0.165. The smallest absolute Gasteiger partial charge is 0.0220 e. The quantitative estimate of drug-likeness (QED) is 0.686. The van der Waals surface area contributed by atoms with Gasteiger partial charge in [-0.2, -0.15) is 0 Å². The van der Waals surface area contributed by atoms with E-state index in [0.717, 1.165) is 12.1 Å². The van der Waals surface area contributed by atoms with E-state index in [1.807, 2.05) is 0 Å². The van der Waals surface area contributed by atoms with Crippen LogP contribution < -0.4 is 16.4 Å². The van der Waals surface area contributed by atoms with Crippen LogP contribution in [0, 0.1) is 0 Å². The van der Waals surface area contributed by atoms with Crippen LogP contribution in [-0.4, -0.2) is 56.3 Å². The van der Waals surface area contributed by atoms with Crippen LogP contribution in [0.15, 0.2) is 0 Å². The lowest BCUT2D eigenvalue weighted by Gasteiger charge is -2.34. The first kappa shape index (κ1) is 23.8. The molecule has 0 aromatic rings. The highest BCUT2D eigenvalue weighted by atomic mass is 15.2. The van der Waals surface area contributed by atoms with Gasteiger partial charge in [0.15, 0.2) is 0 Å². The summed E-state index contributed by atoms with van der Waals surface area (Å²) in [4.78, 5) is 2.46. The summed E-state index contributed by atoms with van der Waals surface area (Å²) in [5.74, 6) is 0. The van der Waals surface area contributed by atoms with Crippen LogP contribution in [0.2, 0.25) is 0 Å². The molecule has 146 valence electrons. The van der Waals surface area contributed by atoms with Gasteiger partial charge < -0.3 is 16.4 Å². The van der Waals surface area contributed by atoms with Crippen LogP contribution >= 0.6 is 0 Å². The molecule has 2 fully saturated rings.